The van der Waals surface area contributed by atoms with Crippen LogP contribution in [0.1, 0.15) is 18.9 Å². The van der Waals surface area contributed by atoms with E-state index in [1.807, 2.05) is 0 Å². The Morgan fingerprint density at radius 2 is 2.25 bits per heavy atom. The molecule has 0 radical (unpaired) electrons. The van der Waals surface area contributed by atoms with Gasteiger partial charge in [0.2, 0.25) is 0 Å². The molecular weight excluding hydrogens is 259 g/mol. The van der Waals surface area contributed by atoms with Crippen molar-refractivity contribution in [1.82, 2.24) is 4.90 Å². The molecule has 0 bridgehead atoms. The molecule has 0 saturated carbocycles. The number of hydrogen-bond donors (Lipinski definition) is 2. The zero-order valence-corrected chi connectivity index (χ0v) is 11.9. The van der Waals surface area contributed by atoms with E-state index in [0.29, 0.717) is 11.6 Å². The summed E-state index contributed by atoms with van der Waals surface area (Å²) in [6.07, 6.45) is 1.05. The van der Waals surface area contributed by atoms with Gasteiger partial charge < -0.3 is 15.8 Å². The van der Waals surface area contributed by atoms with E-state index in [4.69, 9.17) is 10.9 Å². The van der Waals surface area contributed by atoms with Gasteiger partial charge in [-0.15, -0.1) is 0 Å². The predicted octanol–water partition coefficient (Wildman–Crippen LogP) is 1.45. The van der Waals surface area contributed by atoms with Crippen molar-refractivity contribution < 1.29 is 9.60 Å². The van der Waals surface area contributed by atoms with Crippen molar-refractivity contribution in [2.75, 3.05) is 31.6 Å². The fraction of sp³-hybridized carbons (Fsp3) is 0.500. The molecule has 1 heterocycles. The first-order valence-electron chi connectivity index (χ1n) is 6.79. The number of likely N-dealkylation sites (N-methyl/N-ethyl adjacent to an activating group) is 1. The number of rotatable bonds is 3. The Bertz CT molecular complexity index is 506. The van der Waals surface area contributed by atoms with E-state index >= 15 is 0 Å². The second-order valence-electron chi connectivity index (χ2n) is 5.14. The highest BCUT2D eigenvalue weighted by Gasteiger charge is 2.25. The van der Waals surface area contributed by atoms with Crippen LogP contribution < -0.4 is 10.6 Å². The topological polar surface area (TPSA) is 65.1 Å². The zero-order chi connectivity index (χ0) is 14.7. The molecule has 0 amide bonds. The van der Waals surface area contributed by atoms with Crippen LogP contribution in [0.25, 0.3) is 0 Å². The van der Waals surface area contributed by atoms with E-state index in [0.717, 1.165) is 31.7 Å². The molecule has 20 heavy (non-hydrogen) atoms. The number of nitrogens with two attached hydrogens (primary N) is 1. The van der Waals surface area contributed by atoms with E-state index in [1.165, 1.54) is 12.1 Å². The molecule has 1 aromatic carbocycles. The standard InChI is InChI=1S/C14H21FN4O/c1-3-11-9-19(7-6-18(11)2)13-5-4-10(15)8-12(13)14(16)17-20/h4-5,8,11,20H,3,6-7,9H2,1-2H3,(H2,16,17). The molecule has 6 heteroatoms. The highest BCUT2D eigenvalue weighted by atomic mass is 19.1. The molecule has 1 aliphatic heterocycles. The maximum atomic E-state index is 13.4. The number of nitrogens with zero attached hydrogens (tertiary/aromatic N) is 3. The Kier molecular flexibility index (Phi) is 4.44. The van der Waals surface area contributed by atoms with Gasteiger partial charge in [-0.1, -0.05) is 12.1 Å². The van der Waals surface area contributed by atoms with E-state index in [9.17, 15) is 4.39 Å². The predicted molar refractivity (Wildman–Crippen MR) is 77.8 cm³/mol. The summed E-state index contributed by atoms with van der Waals surface area (Å²) >= 11 is 0. The van der Waals surface area contributed by atoms with Crippen molar-refractivity contribution in [3.8, 4) is 0 Å². The average molecular weight is 280 g/mol. The third-order valence-electron chi connectivity index (χ3n) is 3.93. The van der Waals surface area contributed by atoms with Crippen molar-refractivity contribution in [2.45, 2.75) is 19.4 Å². The quantitative estimate of drug-likeness (QED) is 0.381. The summed E-state index contributed by atoms with van der Waals surface area (Å²) < 4.78 is 13.4. The number of benzene rings is 1. The third kappa shape index (κ3) is 2.85. The lowest BCUT2D eigenvalue weighted by atomic mass is 10.1. The highest BCUT2D eigenvalue weighted by molar-refractivity contribution is 6.02. The Morgan fingerprint density at radius 3 is 2.90 bits per heavy atom. The van der Waals surface area contributed by atoms with Crippen molar-refractivity contribution in [1.29, 1.82) is 0 Å². The molecule has 0 spiro atoms. The lowest BCUT2D eigenvalue weighted by molar-refractivity contribution is 0.213. The first-order chi connectivity index (χ1) is 9.56. The Hall–Kier alpha value is -1.82. The molecule has 2 rings (SSSR count). The molecule has 5 nitrogen and oxygen atoms in total. The van der Waals surface area contributed by atoms with Crippen LogP contribution in [0, 0.1) is 5.82 Å². The third-order valence-corrected chi connectivity index (χ3v) is 3.93. The summed E-state index contributed by atoms with van der Waals surface area (Å²) in [6, 6.07) is 4.86. The maximum Gasteiger partial charge on any atom is 0.172 e. The van der Waals surface area contributed by atoms with Crippen LogP contribution in [-0.2, 0) is 0 Å². The number of amidine groups is 1. The molecule has 1 unspecified atom stereocenters. The summed E-state index contributed by atoms with van der Waals surface area (Å²) in [5.41, 5.74) is 6.91. The zero-order valence-electron chi connectivity index (χ0n) is 11.9. The van der Waals surface area contributed by atoms with E-state index in [1.54, 1.807) is 6.07 Å². The molecule has 1 atom stereocenters. The molecule has 3 N–H and O–H groups in total. The monoisotopic (exact) mass is 280 g/mol. The Labute approximate surface area is 118 Å². The van der Waals surface area contributed by atoms with Crippen LogP contribution in [0.2, 0.25) is 0 Å². The van der Waals surface area contributed by atoms with Gasteiger partial charge >= 0.3 is 0 Å². The van der Waals surface area contributed by atoms with Gasteiger partial charge in [-0.2, -0.15) is 0 Å². The summed E-state index contributed by atoms with van der Waals surface area (Å²) in [7, 11) is 2.11. The molecule has 0 aromatic heterocycles. The van der Waals surface area contributed by atoms with Crippen LogP contribution in [0.15, 0.2) is 23.4 Å². The fourth-order valence-corrected chi connectivity index (χ4v) is 2.65. The maximum absolute atomic E-state index is 13.4. The van der Waals surface area contributed by atoms with Crippen LogP contribution >= 0.6 is 0 Å². The SMILES string of the molecule is CCC1CN(c2ccc(F)cc2C(N)=NO)CCN1C. The van der Waals surface area contributed by atoms with Crippen molar-refractivity contribution in [2.24, 2.45) is 10.9 Å². The van der Waals surface area contributed by atoms with Gasteiger partial charge in [-0.05, 0) is 31.7 Å². The van der Waals surface area contributed by atoms with E-state index in [2.05, 4.69) is 28.9 Å². The molecule has 110 valence electrons. The average Bonchev–Trinajstić information content (AvgIpc) is 2.47. The van der Waals surface area contributed by atoms with Gasteiger partial charge in [0.05, 0.1) is 0 Å². The van der Waals surface area contributed by atoms with Crippen LogP contribution in [0.4, 0.5) is 10.1 Å². The number of piperazine rings is 1. The van der Waals surface area contributed by atoms with Gasteiger partial charge in [0.25, 0.3) is 0 Å². The molecule has 1 saturated heterocycles. The largest absolute Gasteiger partial charge is 0.409 e. The second-order valence-corrected chi connectivity index (χ2v) is 5.14. The van der Waals surface area contributed by atoms with Crippen LogP contribution in [0.5, 0.6) is 0 Å². The van der Waals surface area contributed by atoms with Crippen LogP contribution in [-0.4, -0.2) is 48.7 Å². The first kappa shape index (κ1) is 14.6. The minimum atomic E-state index is -0.392. The molecular formula is C14H21FN4O. The van der Waals surface area contributed by atoms with Crippen molar-refractivity contribution in [3.05, 3.63) is 29.6 Å². The summed E-state index contributed by atoms with van der Waals surface area (Å²) in [5.74, 6) is -0.456. The summed E-state index contributed by atoms with van der Waals surface area (Å²) in [4.78, 5) is 4.49. The minimum Gasteiger partial charge on any atom is -0.409 e. The van der Waals surface area contributed by atoms with Gasteiger partial charge in [-0.3, -0.25) is 4.90 Å². The number of anilines is 1. The first-order valence-corrected chi connectivity index (χ1v) is 6.79. The molecule has 1 aliphatic rings. The Balaban J connectivity index is 2.33. The lowest BCUT2D eigenvalue weighted by Gasteiger charge is -2.41. The number of oxime groups is 1. The van der Waals surface area contributed by atoms with Crippen molar-refractivity contribution >= 4 is 11.5 Å². The fourth-order valence-electron chi connectivity index (χ4n) is 2.65. The minimum absolute atomic E-state index is 0.0634. The van der Waals surface area contributed by atoms with Gasteiger partial charge in [0.1, 0.15) is 5.82 Å². The van der Waals surface area contributed by atoms with Gasteiger partial charge in [0.15, 0.2) is 5.84 Å². The van der Waals surface area contributed by atoms with E-state index in [-0.39, 0.29) is 5.84 Å². The highest BCUT2D eigenvalue weighted by Crippen LogP contribution is 2.25. The number of hydrogen-bond acceptors (Lipinski definition) is 4. The lowest BCUT2D eigenvalue weighted by Crippen LogP contribution is -2.51. The number of halogens is 1. The van der Waals surface area contributed by atoms with Gasteiger partial charge in [0, 0.05) is 36.9 Å². The molecule has 1 fully saturated rings. The molecule has 0 aliphatic carbocycles. The second kappa shape index (κ2) is 6.09. The molecule has 1 aromatic rings. The van der Waals surface area contributed by atoms with E-state index < -0.39 is 5.82 Å². The van der Waals surface area contributed by atoms with Crippen LogP contribution in [0.3, 0.4) is 0 Å². The van der Waals surface area contributed by atoms with Crippen molar-refractivity contribution in [3.63, 3.8) is 0 Å². The summed E-state index contributed by atoms with van der Waals surface area (Å²) in [6.45, 7) is 4.78. The smallest absolute Gasteiger partial charge is 0.172 e. The normalized spacial score (nSPS) is 21.2. The van der Waals surface area contributed by atoms with Gasteiger partial charge in [-0.25, -0.2) is 4.39 Å². The summed E-state index contributed by atoms with van der Waals surface area (Å²) in [5, 5.41) is 11.9. The Morgan fingerprint density at radius 1 is 1.50 bits per heavy atom.